The second-order valence-corrected chi connectivity index (χ2v) is 5.51. The van der Waals surface area contributed by atoms with E-state index >= 15 is 0 Å². The molecule has 2 N–H and O–H groups in total. The van der Waals surface area contributed by atoms with Gasteiger partial charge in [-0.15, -0.1) is 0 Å². The Balaban J connectivity index is 2.31. The Kier molecular flexibility index (Phi) is 2.98. The minimum atomic E-state index is 0.0849. The first-order valence-corrected chi connectivity index (χ1v) is 6.32. The molecule has 1 aliphatic carbocycles. The Hall–Kier alpha value is -1.32. The smallest absolute Gasteiger partial charge is 0.136 e. The van der Waals surface area contributed by atoms with E-state index < -0.39 is 0 Å². The summed E-state index contributed by atoms with van der Waals surface area (Å²) in [6, 6.07) is 1.86. The molecule has 0 bridgehead atoms. The maximum absolute atomic E-state index is 5.87. The van der Waals surface area contributed by atoms with E-state index in [-0.39, 0.29) is 5.54 Å². The fourth-order valence-electron chi connectivity index (χ4n) is 1.71. The van der Waals surface area contributed by atoms with Crippen LogP contribution in [-0.2, 0) is 0 Å². The van der Waals surface area contributed by atoms with E-state index in [1.807, 2.05) is 6.07 Å². The third-order valence-corrected chi connectivity index (χ3v) is 3.81. The number of hydrogen-bond donors (Lipinski definition) is 1. The normalized spacial score (nSPS) is 16.0. The molecule has 0 unspecified atom stereocenters. The van der Waals surface area contributed by atoms with E-state index in [2.05, 4.69) is 42.7 Å². The molecule has 4 heteroatoms. The molecular weight excluding hydrogens is 212 g/mol. The molecule has 0 radical (unpaired) electrons. The number of nitrogens with zero attached hydrogens (tertiary/aromatic N) is 3. The lowest BCUT2D eigenvalue weighted by molar-refractivity contribution is 0.466. The summed E-state index contributed by atoms with van der Waals surface area (Å²) in [6.45, 7) is 6.60. The van der Waals surface area contributed by atoms with Gasteiger partial charge in [-0.1, -0.05) is 6.92 Å². The van der Waals surface area contributed by atoms with E-state index in [9.17, 15) is 0 Å². The Bertz CT molecular complexity index is 410. The molecule has 1 fully saturated rings. The van der Waals surface area contributed by atoms with Crippen molar-refractivity contribution in [1.82, 2.24) is 9.97 Å². The van der Waals surface area contributed by atoms with Crippen molar-refractivity contribution in [2.45, 2.75) is 51.5 Å². The largest absolute Gasteiger partial charge is 0.384 e. The number of rotatable bonds is 4. The molecule has 0 amide bonds. The van der Waals surface area contributed by atoms with Crippen molar-refractivity contribution in [2.75, 3.05) is 17.7 Å². The van der Waals surface area contributed by atoms with Gasteiger partial charge in [-0.2, -0.15) is 0 Å². The summed E-state index contributed by atoms with van der Waals surface area (Å²) in [6.07, 6.45) is 3.46. The first-order valence-electron chi connectivity index (χ1n) is 6.32. The number of hydrogen-bond acceptors (Lipinski definition) is 4. The fraction of sp³-hybridized carbons (Fsp3) is 0.692. The van der Waals surface area contributed by atoms with Gasteiger partial charge in [0.2, 0.25) is 0 Å². The van der Waals surface area contributed by atoms with Crippen LogP contribution in [-0.4, -0.2) is 22.6 Å². The molecule has 17 heavy (non-hydrogen) atoms. The van der Waals surface area contributed by atoms with Crippen molar-refractivity contribution in [2.24, 2.45) is 0 Å². The molecule has 2 rings (SSSR count). The predicted molar refractivity (Wildman–Crippen MR) is 71.2 cm³/mol. The van der Waals surface area contributed by atoms with Crippen LogP contribution in [0.5, 0.6) is 0 Å². The Labute approximate surface area is 103 Å². The zero-order valence-corrected chi connectivity index (χ0v) is 11.2. The molecule has 1 aromatic rings. The lowest BCUT2D eigenvalue weighted by Crippen LogP contribution is -2.41. The minimum absolute atomic E-state index is 0.0849. The molecule has 1 saturated carbocycles. The molecule has 1 aliphatic rings. The SMILES string of the molecule is CCC(C)(C)N(C)c1cc(N)nc(C2CC2)n1. The number of anilines is 2. The van der Waals surface area contributed by atoms with Crippen LogP contribution >= 0.6 is 0 Å². The van der Waals surface area contributed by atoms with Gasteiger partial charge < -0.3 is 10.6 Å². The molecule has 0 aromatic carbocycles. The first kappa shape index (κ1) is 12.1. The topological polar surface area (TPSA) is 55.0 Å². The second-order valence-electron chi connectivity index (χ2n) is 5.51. The maximum atomic E-state index is 5.87. The summed E-state index contributed by atoms with van der Waals surface area (Å²) < 4.78 is 0. The maximum Gasteiger partial charge on any atom is 0.136 e. The van der Waals surface area contributed by atoms with Crippen molar-refractivity contribution in [3.8, 4) is 0 Å². The zero-order chi connectivity index (χ0) is 12.6. The summed E-state index contributed by atoms with van der Waals surface area (Å²) >= 11 is 0. The van der Waals surface area contributed by atoms with Gasteiger partial charge in [0.25, 0.3) is 0 Å². The third-order valence-electron chi connectivity index (χ3n) is 3.81. The lowest BCUT2D eigenvalue weighted by Gasteiger charge is -2.36. The van der Waals surface area contributed by atoms with Gasteiger partial charge in [-0.05, 0) is 33.1 Å². The molecule has 4 nitrogen and oxygen atoms in total. The van der Waals surface area contributed by atoms with E-state index in [4.69, 9.17) is 5.73 Å². The van der Waals surface area contributed by atoms with Crippen LogP contribution in [0.4, 0.5) is 11.6 Å². The van der Waals surface area contributed by atoms with E-state index in [1.54, 1.807) is 0 Å². The molecule has 0 aliphatic heterocycles. The van der Waals surface area contributed by atoms with Crippen LogP contribution in [0.3, 0.4) is 0 Å². The highest BCUT2D eigenvalue weighted by atomic mass is 15.2. The number of aromatic nitrogens is 2. The molecule has 0 atom stereocenters. The molecule has 1 heterocycles. The lowest BCUT2D eigenvalue weighted by atomic mass is 10.00. The molecule has 94 valence electrons. The number of nitrogen functional groups attached to an aromatic ring is 1. The summed E-state index contributed by atoms with van der Waals surface area (Å²) in [7, 11) is 2.07. The minimum Gasteiger partial charge on any atom is -0.384 e. The zero-order valence-electron chi connectivity index (χ0n) is 11.2. The van der Waals surface area contributed by atoms with Gasteiger partial charge >= 0.3 is 0 Å². The van der Waals surface area contributed by atoms with Crippen LogP contribution in [0.25, 0.3) is 0 Å². The standard InChI is InChI=1S/C13H22N4/c1-5-13(2,3)17(4)11-8-10(14)15-12(16-11)9-6-7-9/h8-9H,5-7H2,1-4H3,(H2,14,15,16). The molecule has 0 spiro atoms. The summed E-state index contributed by atoms with van der Waals surface area (Å²) in [5.41, 5.74) is 5.95. The van der Waals surface area contributed by atoms with Gasteiger partial charge in [0.1, 0.15) is 17.5 Å². The van der Waals surface area contributed by atoms with Gasteiger partial charge in [0, 0.05) is 24.6 Å². The van der Waals surface area contributed by atoms with E-state index in [1.165, 1.54) is 12.8 Å². The van der Waals surface area contributed by atoms with Crippen molar-refractivity contribution in [3.05, 3.63) is 11.9 Å². The van der Waals surface area contributed by atoms with Crippen LogP contribution in [0.2, 0.25) is 0 Å². The van der Waals surface area contributed by atoms with E-state index in [0.29, 0.717) is 11.7 Å². The average Bonchev–Trinajstić information content (AvgIpc) is 3.11. The Morgan fingerprint density at radius 3 is 2.59 bits per heavy atom. The van der Waals surface area contributed by atoms with Gasteiger partial charge in [0.05, 0.1) is 0 Å². The second kappa shape index (κ2) is 4.17. The van der Waals surface area contributed by atoms with Crippen molar-refractivity contribution in [1.29, 1.82) is 0 Å². The van der Waals surface area contributed by atoms with Gasteiger partial charge in [-0.3, -0.25) is 0 Å². The van der Waals surface area contributed by atoms with Crippen molar-refractivity contribution < 1.29 is 0 Å². The van der Waals surface area contributed by atoms with Crippen LogP contribution in [0.1, 0.15) is 51.8 Å². The van der Waals surface area contributed by atoms with Gasteiger partial charge in [0.15, 0.2) is 0 Å². The highest BCUT2D eigenvalue weighted by molar-refractivity contribution is 5.48. The number of nitrogens with two attached hydrogens (primary N) is 1. The molecule has 1 aromatic heterocycles. The first-order chi connectivity index (χ1) is 7.94. The fourth-order valence-corrected chi connectivity index (χ4v) is 1.71. The Morgan fingerprint density at radius 2 is 2.06 bits per heavy atom. The summed E-state index contributed by atoms with van der Waals surface area (Å²) in [5, 5.41) is 0. The summed E-state index contributed by atoms with van der Waals surface area (Å²) in [5.74, 6) is 2.97. The highest BCUT2D eigenvalue weighted by Gasteiger charge is 2.29. The van der Waals surface area contributed by atoms with Crippen LogP contribution < -0.4 is 10.6 Å². The van der Waals surface area contributed by atoms with Crippen molar-refractivity contribution in [3.63, 3.8) is 0 Å². The summed E-state index contributed by atoms with van der Waals surface area (Å²) in [4.78, 5) is 11.2. The monoisotopic (exact) mass is 234 g/mol. The van der Waals surface area contributed by atoms with Crippen LogP contribution in [0.15, 0.2) is 6.07 Å². The van der Waals surface area contributed by atoms with E-state index in [0.717, 1.165) is 18.1 Å². The third kappa shape index (κ3) is 2.51. The van der Waals surface area contributed by atoms with Crippen LogP contribution in [0, 0.1) is 0 Å². The van der Waals surface area contributed by atoms with Gasteiger partial charge in [-0.25, -0.2) is 9.97 Å². The quantitative estimate of drug-likeness (QED) is 0.870. The molecular formula is C13H22N4. The average molecular weight is 234 g/mol. The van der Waals surface area contributed by atoms with Crippen molar-refractivity contribution >= 4 is 11.6 Å². The molecule has 0 saturated heterocycles. The Morgan fingerprint density at radius 1 is 1.41 bits per heavy atom. The highest BCUT2D eigenvalue weighted by Crippen LogP contribution is 2.39. The predicted octanol–water partition coefficient (Wildman–Crippen LogP) is 2.56.